The molecule has 298 valence electrons. The third kappa shape index (κ3) is 6.60. The zero-order valence-electron chi connectivity index (χ0n) is 34.2. The van der Waals surface area contributed by atoms with Crippen LogP contribution in [-0.4, -0.2) is 47.4 Å². The molecule has 14 atom stereocenters. The van der Waals surface area contributed by atoms with Crippen molar-refractivity contribution in [3.05, 3.63) is 0 Å². The van der Waals surface area contributed by atoms with Gasteiger partial charge in [-0.15, -0.1) is 0 Å². The van der Waals surface area contributed by atoms with Crippen molar-refractivity contribution in [2.45, 2.75) is 242 Å². The largest absolute Gasteiger partial charge is 0.374 e. The second kappa shape index (κ2) is 15.6. The third-order valence-electron chi connectivity index (χ3n) is 20.5. The Morgan fingerprint density at radius 1 is 0.302 bits per heavy atom. The predicted molar refractivity (Wildman–Crippen MR) is 216 cm³/mol. The highest BCUT2D eigenvalue weighted by molar-refractivity contribution is 5.10. The van der Waals surface area contributed by atoms with Gasteiger partial charge in [0.2, 0.25) is 0 Å². The highest BCUT2D eigenvalue weighted by atomic mass is 16.5. The van der Waals surface area contributed by atoms with Gasteiger partial charge in [0.05, 0.1) is 24.4 Å². The normalized spacial score (nSPS) is 53.2. The molecular formula is C50H81NO2. The molecule has 0 aromatic rings. The fourth-order valence-corrected chi connectivity index (χ4v) is 18.4. The van der Waals surface area contributed by atoms with Crippen molar-refractivity contribution in [1.29, 1.82) is 0 Å². The summed E-state index contributed by atoms with van der Waals surface area (Å²) in [5, 5.41) is 0. The van der Waals surface area contributed by atoms with Crippen LogP contribution in [-0.2, 0) is 9.47 Å². The lowest BCUT2D eigenvalue weighted by atomic mass is 9.51. The maximum atomic E-state index is 7.73. The molecule has 11 rings (SSSR count). The van der Waals surface area contributed by atoms with Gasteiger partial charge in [-0.3, -0.25) is 4.90 Å². The monoisotopic (exact) mass is 728 g/mol. The summed E-state index contributed by atoms with van der Waals surface area (Å²) in [6, 6.07) is 2.36. The molecule has 0 bridgehead atoms. The van der Waals surface area contributed by atoms with Gasteiger partial charge in [-0.1, -0.05) is 83.5 Å². The van der Waals surface area contributed by atoms with Crippen molar-refractivity contribution >= 4 is 0 Å². The van der Waals surface area contributed by atoms with Gasteiger partial charge >= 0.3 is 0 Å². The molecule has 9 aliphatic carbocycles. The maximum absolute atomic E-state index is 7.73. The van der Waals surface area contributed by atoms with E-state index in [9.17, 15) is 0 Å². The molecule has 2 saturated heterocycles. The number of fused-ring (bicyclic) bond motifs is 10. The van der Waals surface area contributed by atoms with Gasteiger partial charge < -0.3 is 9.47 Å². The lowest BCUT2D eigenvalue weighted by molar-refractivity contribution is -0.106. The van der Waals surface area contributed by atoms with Crippen molar-refractivity contribution in [1.82, 2.24) is 4.90 Å². The average molecular weight is 728 g/mol. The highest BCUT2D eigenvalue weighted by Gasteiger charge is 2.61. The Kier molecular flexibility index (Phi) is 10.6. The van der Waals surface area contributed by atoms with E-state index in [1.807, 2.05) is 0 Å². The van der Waals surface area contributed by atoms with E-state index in [1.54, 1.807) is 83.5 Å². The lowest BCUT2D eigenvalue weighted by Crippen LogP contribution is -2.58. The molecular weight excluding hydrogens is 647 g/mol. The summed E-state index contributed by atoms with van der Waals surface area (Å²) in [5.74, 6) is 11.8. The van der Waals surface area contributed by atoms with E-state index in [1.165, 1.54) is 116 Å². The van der Waals surface area contributed by atoms with E-state index in [0.717, 1.165) is 77.2 Å². The number of rotatable bonds is 5. The molecule has 3 nitrogen and oxygen atoms in total. The first-order valence-corrected chi connectivity index (χ1v) is 25.4. The van der Waals surface area contributed by atoms with Crippen LogP contribution in [0, 0.1) is 71.0 Å². The molecule has 0 spiro atoms. The van der Waals surface area contributed by atoms with E-state index in [-0.39, 0.29) is 0 Å². The fraction of sp³-hybridized carbons (Fsp3) is 1.00. The van der Waals surface area contributed by atoms with Crippen LogP contribution in [0.15, 0.2) is 0 Å². The quantitative estimate of drug-likeness (QED) is 0.281. The molecule has 11 aliphatic rings. The van der Waals surface area contributed by atoms with Crippen molar-refractivity contribution in [3.8, 4) is 0 Å². The standard InChI is InChI=1S/C50H81NO2/c1-2-11-32(12-3-1)33-21-25-36(26-22-33)51(37-27-23-34(24-28-37)44-31-35-13-4-5-14-38(35)39-15-6-7-16-40(39)44)45-19-10-18-41-42-29-30-47-48(50(42)53-49(41)45)43-17-8-9-20-46(43)52-47/h32-50H,1-31H2. The first-order chi connectivity index (χ1) is 26.3. The second-order valence-corrected chi connectivity index (χ2v) is 22.4. The Bertz CT molecular complexity index is 1210. The van der Waals surface area contributed by atoms with Crippen molar-refractivity contribution in [3.63, 3.8) is 0 Å². The Hall–Kier alpha value is -0.120. The molecule has 9 saturated carbocycles. The number of hydrogen-bond donors (Lipinski definition) is 0. The van der Waals surface area contributed by atoms with Gasteiger partial charge in [-0.2, -0.15) is 0 Å². The molecule has 53 heavy (non-hydrogen) atoms. The molecule has 0 aromatic heterocycles. The topological polar surface area (TPSA) is 21.7 Å². The van der Waals surface area contributed by atoms with Crippen LogP contribution in [0.4, 0.5) is 0 Å². The Morgan fingerprint density at radius 2 is 0.868 bits per heavy atom. The first kappa shape index (κ1) is 36.0. The fourth-order valence-electron chi connectivity index (χ4n) is 18.4. The van der Waals surface area contributed by atoms with Crippen LogP contribution < -0.4 is 0 Å². The average Bonchev–Trinajstić information content (AvgIpc) is 3.81. The Labute approximate surface area is 326 Å². The first-order valence-electron chi connectivity index (χ1n) is 25.4. The van der Waals surface area contributed by atoms with E-state index < -0.39 is 0 Å². The van der Waals surface area contributed by atoms with Gasteiger partial charge in [0, 0.05) is 24.0 Å². The van der Waals surface area contributed by atoms with E-state index in [2.05, 4.69) is 4.90 Å². The molecule has 2 aliphatic heterocycles. The van der Waals surface area contributed by atoms with Crippen LogP contribution >= 0.6 is 0 Å². The second-order valence-electron chi connectivity index (χ2n) is 22.4. The predicted octanol–water partition coefficient (Wildman–Crippen LogP) is 12.5. The summed E-state index contributed by atoms with van der Waals surface area (Å²) in [6.45, 7) is 0. The van der Waals surface area contributed by atoms with Gasteiger partial charge in [-0.25, -0.2) is 0 Å². The van der Waals surface area contributed by atoms with Crippen molar-refractivity contribution in [2.24, 2.45) is 71.0 Å². The molecule has 0 radical (unpaired) electrons. The Balaban J connectivity index is 0.830. The summed E-state index contributed by atoms with van der Waals surface area (Å²) in [7, 11) is 0. The van der Waals surface area contributed by atoms with E-state index in [4.69, 9.17) is 9.47 Å². The molecule has 2 heterocycles. The van der Waals surface area contributed by atoms with Crippen LogP contribution in [0.1, 0.15) is 199 Å². The van der Waals surface area contributed by atoms with Crippen LogP contribution in [0.2, 0.25) is 0 Å². The van der Waals surface area contributed by atoms with Crippen LogP contribution in [0.5, 0.6) is 0 Å². The summed E-state index contributed by atoms with van der Waals surface area (Å²) in [4.78, 5) is 3.34. The summed E-state index contributed by atoms with van der Waals surface area (Å²) in [5.41, 5.74) is 0. The minimum Gasteiger partial charge on any atom is -0.374 e. The molecule has 0 amide bonds. The number of hydrogen-bond acceptors (Lipinski definition) is 3. The molecule has 3 heteroatoms. The Morgan fingerprint density at radius 3 is 1.64 bits per heavy atom. The molecule has 14 unspecified atom stereocenters. The maximum Gasteiger partial charge on any atom is 0.0766 e. The summed E-state index contributed by atoms with van der Waals surface area (Å²) in [6.07, 6.45) is 48.7. The highest BCUT2D eigenvalue weighted by Crippen LogP contribution is 2.59. The van der Waals surface area contributed by atoms with Crippen LogP contribution in [0.3, 0.4) is 0 Å². The lowest BCUT2D eigenvalue weighted by Gasteiger charge is -2.55. The number of nitrogens with zero attached hydrogens (tertiary/aromatic N) is 1. The zero-order valence-corrected chi connectivity index (χ0v) is 34.2. The SMILES string of the molecule is C1CCC(C2CCC(N(C3CCC(C4CC5CCCCC5C5CCCCC45)CC3)C3CCCC4C5CCC6OC7CCCCC7C6C5OC43)CC2)CC1. The van der Waals surface area contributed by atoms with E-state index >= 15 is 0 Å². The van der Waals surface area contributed by atoms with Crippen LogP contribution in [0.25, 0.3) is 0 Å². The van der Waals surface area contributed by atoms with Gasteiger partial charge in [-0.05, 0) is 181 Å². The van der Waals surface area contributed by atoms with Crippen molar-refractivity contribution in [2.75, 3.05) is 0 Å². The summed E-state index contributed by atoms with van der Waals surface area (Å²) >= 11 is 0. The number of ether oxygens (including phenoxy) is 2. The minimum atomic E-state index is 0.510. The third-order valence-corrected chi connectivity index (χ3v) is 20.5. The van der Waals surface area contributed by atoms with Gasteiger partial charge in [0.15, 0.2) is 0 Å². The summed E-state index contributed by atoms with van der Waals surface area (Å²) < 4.78 is 14.6. The van der Waals surface area contributed by atoms with Gasteiger partial charge in [0.25, 0.3) is 0 Å². The van der Waals surface area contributed by atoms with Crippen molar-refractivity contribution < 1.29 is 9.47 Å². The van der Waals surface area contributed by atoms with E-state index in [0.29, 0.717) is 36.4 Å². The minimum absolute atomic E-state index is 0.510. The molecule has 0 N–H and O–H groups in total. The zero-order chi connectivity index (χ0) is 34.9. The van der Waals surface area contributed by atoms with Gasteiger partial charge in [0.1, 0.15) is 0 Å². The molecule has 0 aromatic carbocycles. The molecule has 11 fully saturated rings. The smallest absolute Gasteiger partial charge is 0.0766 e.